The molecule has 1 saturated heterocycles. The number of nitrogens with zero attached hydrogens (tertiary/aromatic N) is 1. The fraction of sp³-hybridized carbons (Fsp3) is 0.533. The number of hydrogen-bond acceptors (Lipinski definition) is 4. The molecule has 1 aliphatic heterocycles. The van der Waals surface area contributed by atoms with Crippen LogP contribution in [0, 0.1) is 0 Å². The Hall–Kier alpha value is -1.64. The fourth-order valence-electron chi connectivity index (χ4n) is 2.57. The smallest absolute Gasteiger partial charge is 0.318 e. The number of benzene rings is 1. The number of nitrogens with two attached hydrogens (primary N) is 1. The van der Waals surface area contributed by atoms with Gasteiger partial charge in [0.05, 0.1) is 23.6 Å². The number of carbonyl (C=O) groups is 1. The summed E-state index contributed by atoms with van der Waals surface area (Å²) in [7, 11) is -3.76. The lowest BCUT2D eigenvalue weighted by molar-refractivity contribution is -0.00389. The van der Waals surface area contributed by atoms with Gasteiger partial charge >= 0.3 is 6.03 Å². The van der Waals surface area contributed by atoms with E-state index in [0.717, 1.165) is 0 Å². The highest BCUT2D eigenvalue weighted by Crippen LogP contribution is 2.20. The van der Waals surface area contributed by atoms with Crippen LogP contribution in [0.25, 0.3) is 0 Å². The lowest BCUT2D eigenvalue weighted by atomic mass is 10.0. The van der Waals surface area contributed by atoms with E-state index in [4.69, 9.17) is 9.88 Å². The van der Waals surface area contributed by atoms with E-state index in [-0.39, 0.29) is 23.1 Å². The highest BCUT2D eigenvalue weighted by molar-refractivity contribution is 7.89. The van der Waals surface area contributed by atoms with Gasteiger partial charge in [-0.15, -0.1) is 0 Å². The monoisotopic (exact) mass is 341 g/mol. The van der Waals surface area contributed by atoms with Crippen molar-refractivity contribution >= 4 is 16.1 Å². The van der Waals surface area contributed by atoms with Gasteiger partial charge in [0.15, 0.2) is 0 Å². The van der Waals surface area contributed by atoms with Gasteiger partial charge in [-0.3, -0.25) is 0 Å². The van der Waals surface area contributed by atoms with Gasteiger partial charge in [0.1, 0.15) is 0 Å². The molecule has 1 aromatic rings. The zero-order valence-corrected chi connectivity index (χ0v) is 14.2. The molecular formula is C15H23N3O4S. The molecule has 7 nitrogen and oxygen atoms in total. The molecule has 1 aliphatic rings. The summed E-state index contributed by atoms with van der Waals surface area (Å²) in [5.74, 6) is 0. The van der Waals surface area contributed by atoms with Crippen molar-refractivity contribution in [1.82, 2.24) is 10.2 Å². The Morgan fingerprint density at radius 2 is 2.26 bits per heavy atom. The Kier molecular flexibility index (Phi) is 5.61. The molecule has 2 amide bonds. The first-order valence-corrected chi connectivity index (χ1v) is 9.15. The van der Waals surface area contributed by atoms with Crippen molar-refractivity contribution in [1.29, 1.82) is 0 Å². The van der Waals surface area contributed by atoms with E-state index in [1.54, 1.807) is 17.0 Å². The maximum atomic E-state index is 12.4. The minimum Gasteiger partial charge on any atom is -0.375 e. The van der Waals surface area contributed by atoms with Gasteiger partial charge in [-0.2, -0.15) is 0 Å². The first kappa shape index (κ1) is 17.7. The number of primary sulfonamides is 1. The van der Waals surface area contributed by atoms with Crippen LogP contribution in [-0.2, 0) is 14.8 Å². The third-order valence-corrected chi connectivity index (χ3v) is 4.73. The van der Waals surface area contributed by atoms with Gasteiger partial charge < -0.3 is 15.0 Å². The molecule has 8 heteroatoms. The maximum Gasteiger partial charge on any atom is 0.318 e. The summed E-state index contributed by atoms with van der Waals surface area (Å²) in [6, 6.07) is 5.91. The number of rotatable bonds is 4. The van der Waals surface area contributed by atoms with Gasteiger partial charge in [0.2, 0.25) is 10.0 Å². The van der Waals surface area contributed by atoms with Crippen LogP contribution in [0.2, 0.25) is 0 Å². The first-order valence-electron chi connectivity index (χ1n) is 7.61. The number of hydrogen-bond donors (Lipinski definition) is 2. The average molecular weight is 341 g/mol. The Morgan fingerprint density at radius 1 is 1.52 bits per heavy atom. The third kappa shape index (κ3) is 4.66. The van der Waals surface area contributed by atoms with Crippen LogP contribution in [-0.4, -0.2) is 45.1 Å². The van der Waals surface area contributed by atoms with Crippen LogP contribution in [0.5, 0.6) is 0 Å². The summed E-state index contributed by atoms with van der Waals surface area (Å²) < 4.78 is 28.4. The van der Waals surface area contributed by atoms with Crippen LogP contribution >= 0.6 is 0 Å². The molecule has 1 heterocycles. The maximum absolute atomic E-state index is 12.4. The number of nitrogens with one attached hydrogen (secondary N) is 1. The predicted molar refractivity (Wildman–Crippen MR) is 86.4 cm³/mol. The first-order chi connectivity index (χ1) is 10.8. The summed E-state index contributed by atoms with van der Waals surface area (Å²) in [6.45, 7) is 5.46. The van der Waals surface area contributed by atoms with E-state index in [9.17, 15) is 13.2 Å². The second kappa shape index (κ2) is 7.29. The van der Waals surface area contributed by atoms with Gasteiger partial charge in [-0.25, -0.2) is 18.4 Å². The van der Waals surface area contributed by atoms with Crippen molar-refractivity contribution in [2.75, 3.05) is 19.7 Å². The van der Waals surface area contributed by atoms with E-state index in [1.165, 1.54) is 12.1 Å². The predicted octanol–water partition coefficient (Wildman–Crippen LogP) is 1.22. The van der Waals surface area contributed by atoms with Gasteiger partial charge in [0.25, 0.3) is 0 Å². The Bertz CT molecular complexity index is 662. The van der Waals surface area contributed by atoms with Crippen molar-refractivity contribution in [3.63, 3.8) is 0 Å². The van der Waals surface area contributed by atoms with E-state index in [2.05, 4.69) is 5.32 Å². The summed E-state index contributed by atoms with van der Waals surface area (Å²) >= 11 is 0. The van der Waals surface area contributed by atoms with Crippen LogP contribution in [0.3, 0.4) is 0 Å². The molecule has 23 heavy (non-hydrogen) atoms. The molecule has 2 rings (SSSR count). The number of sulfonamides is 1. The zero-order chi connectivity index (χ0) is 17.0. The number of urea groups is 1. The Morgan fingerprint density at radius 3 is 2.87 bits per heavy atom. The molecule has 0 aromatic heterocycles. The van der Waals surface area contributed by atoms with Gasteiger partial charge in [-0.05, 0) is 31.0 Å². The van der Waals surface area contributed by atoms with Gasteiger partial charge in [-0.1, -0.05) is 19.1 Å². The number of carbonyl (C=O) groups excluding carboxylic acids is 1. The second-order valence-corrected chi connectivity index (χ2v) is 7.22. The third-order valence-electron chi connectivity index (χ3n) is 3.82. The minimum absolute atomic E-state index is 0.0142. The average Bonchev–Trinajstić information content (AvgIpc) is 2.51. The molecule has 0 radical (unpaired) electrons. The molecule has 2 atom stereocenters. The van der Waals surface area contributed by atoms with E-state index < -0.39 is 10.0 Å². The van der Waals surface area contributed by atoms with Crippen LogP contribution < -0.4 is 10.5 Å². The Balaban J connectivity index is 2.12. The molecule has 0 bridgehead atoms. The van der Waals surface area contributed by atoms with E-state index in [1.807, 2.05) is 13.8 Å². The van der Waals surface area contributed by atoms with Crippen LogP contribution in [0.15, 0.2) is 29.2 Å². The Labute approximate surface area is 136 Å². The van der Waals surface area contributed by atoms with Crippen molar-refractivity contribution in [2.24, 2.45) is 5.14 Å². The summed E-state index contributed by atoms with van der Waals surface area (Å²) in [4.78, 5) is 14.1. The lowest BCUT2D eigenvalue weighted by Gasteiger charge is -2.32. The quantitative estimate of drug-likeness (QED) is 0.859. The van der Waals surface area contributed by atoms with E-state index in [0.29, 0.717) is 31.7 Å². The largest absolute Gasteiger partial charge is 0.375 e. The van der Waals surface area contributed by atoms with Crippen LogP contribution in [0.1, 0.15) is 31.9 Å². The summed E-state index contributed by atoms with van der Waals surface area (Å²) in [5.41, 5.74) is 0.716. The molecule has 0 aliphatic carbocycles. The van der Waals surface area contributed by atoms with Crippen molar-refractivity contribution < 1.29 is 17.9 Å². The van der Waals surface area contributed by atoms with E-state index >= 15 is 0 Å². The lowest BCUT2D eigenvalue weighted by Crippen LogP contribution is -2.49. The standard InChI is InChI=1S/C15H23N3O4S/c1-3-14(12-5-4-6-13(9-12)23(16,20)21)17-15(19)18-7-8-22-11(2)10-18/h4-6,9,11,14H,3,7-8,10H2,1-2H3,(H,17,19)(H2,16,20,21). The SMILES string of the molecule is CCC(NC(=O)N1CCOC(C)C1)c1cccc(S(N)(=O)=O)c1. The van der Waals surface area contributed by atoms with Crippen molar-refractivity contribution in [3.05, 3.63) is 29.8 Å². The number of morpholine rings is 1. The summed E-state index contributed by atoms with van der Waals surface area (Å²) in [5, 5.41) is 8.11. The minimum atomic E-state index is -3.76. The molecule has 128 valence electrons. The highest BCUT2D eigenvalue weighted by Gasteiger charge is 2.23. The van der Waals surface area contributed by atoms with Crippen LogP contribution in [0.4, 0.5) is 4.79 Å². The zero-order valence-electron chi connectivity index (χ0n) is 13.4. The highest BCUT2D eigenvalue weighted by atomic mass is 32.2. The normalized spacial score (nSPS) is 20.1. The summed E-state index contributed by atoms with van der Waals surface area (Å²) in [6.07, 6.45) is 0.653. The number of amides is 2. The topological polar surface area (TPSA) is 102 Å². The van der Waals surface area contributed by atoms with Crippen molar-refractivity contribution in [2.45, 2.75) is 37.3 Å². The molecular weight excluding hydrogens is 318 g/mol. The van der Waals surface area contributed by atoms with Gasteiger partial charge in [0, 0.05) is 13.1 Å². The molecule has 3 N–H and O–H groups in total. The fourth-order valence-corrected chi connectivity index (χ4v) is 3.14. The molecule has 0 saturated carbocycles. The molecule has 0 spiro atoms. The van der Waals surface area contributed by atoms with Crippen molar-refractivity contribution in [3.8, 4) is 0 Å². The molecule has 2 unspecified atom stereocenters. The molecule has 1 aromatic carbocycles. The molecule has 1 fully saturated rings. The second-order valence-electron chi connectivity index (χ2n) is 5.66. The number of ether oxygens (including phenoxy) is 1.